The molecule has 4 amide bonds. The van der Waals surface area contributed by atoms with Gasteiger partial charge in [-0.1, -0.05) is 6.07 Å². The van der Waals surface area contributed by atoms with E-state index in [1.165, 1.54) is 0 Å². The third-order valence-corrected chi connectivity index (χ3v) is 6.08. The summed E-state index contributed by atoms with van der Waals surface area (Å²) in [5.74, 6) is -1.49. The molecule has 0 aromatic heterocycles. The molecule has 8 heteroatoms. The number of carbonyl (C=O) groups excluding carboxylic acids is 4. The lowest BCUT2D eigenvalue weighted by molar-refractivity contribution is -0.136. The Hall–Kier alpha value is -2.74. The van der Waals surface area contributed by atoms with Crippen molar-refractivity contribution in [1.82, 2.24) is 10.2 Å². The summed E-state index contributed by atoms with van der Waals surface area (Å²) in [5, 5.41) is 11.3. The van der Waals surface area contributed by atoms with Crippen molar-refractivity contribution in [1.29, 1.82) is 0 Å². The van der Waals surface area contributed by atoms with E-state index in [-0.39, 0.29) is 25.4 Å². The van der Waals surface area contributed by atoms with Crippen molar-refractivity contribution in [3.63, 3.8) is 0 Å². The van der Waals surface area contributed by atoms with E-state index < -0.39 is 23.8 Å². The number of carbonyl (C=O) groups is 4. The molecule has 0 spiro atoms. The summed E-state index contributed by atoms with van der Waals surface area (Å²) in [6.45, 7) is 1.74. The molecular formula is C21H25N3O5. The standard InChI is InChI=1S/C21H25N3O5/c25-11-3-5-13-4-2-10-23(12-13)15-7-1-6-14-18(15)21(29)24(20(14)28)16-8-9-17(26)22-19(16)27/h1,6-7,13,16,25H,2-5,8-12H2,(H,22,26,27). The highest BCUT2D eigenvalue weighted by Crippen LogP contribution is 2.36. The monoisotopic (exact) mass is 399 g/mol. The summed E-state index contributed by atoms with van der Waals surface area (Å²) in [6.07, 6.45) is 4.01. The van der Waals surface area contributed by atoms with E-state index in [1.54, 1.807) is 12.1 Å². The topological polar surface area (TPSA) is 107 Å². The molecule has 0 aliphatic carbocycles. The van der Waals surface area contributed by atoms with Crippen LogP contribution in [-0.2, 0) is 9.59 Å². The molecule has 0 radical (unpaired) electrons. The fourth-order valence-electron chi connectivity index (χ4n) is 4.66. The molecule has 29 heavy (non-hydrogen) atoms. The molecule has 8 nitrogen and oxygen atoms in total. The lowest BCUT2D eigenvalue weighted by Crippen LogP contribution is -2.54. The Morgan fingerprint density at radius 3 is 2.69 bits per heavy atom. The second-order valence-corrected chi connectivity index (χ2v) is 7.97. The number of hydrogen-bond donors (Lipinski definition) is 2. The number of rotatable bonds is 5. The van der Waals surface area contributed by atoms with Gasteiger partial charge in [0.05, 0.1) is 16.8 Å². The lowest BCUT2D eigenvalue weighted by Gasteiger charge is -2.35. The van der Waals surface area contributed by atoms with Gasteiger partial charge in [0.15, 0.2) is 0 Å². The highest BCUT2D eigenvalue weighted by molar-refractivity contribution is 6.25. The first-order valence-corrected chi connectivity index (χ1v) is 10.2. The van der Waals surface area contributed by atoms with Gasteiger partial charge in [0.25, 0.3) is 11.8 Å². The van der Waals surface area contributed by atoms with Crippen LogP contribution in [0.2, 0.25) is 0 Å². The van der Waals surface area contributed by atoms with Crippen molar-refractivity contribution >= 4 is 29.3 Å². The van der Waals surface area contributed by atoms with Gasteiger partial charge in [-0.2, -0.15) is 0 Å². The number of aliphatic hydroxyl groups excluding tert-OH is 1. The Morgan fingerprint density at radius 1 is 1.10 bits per heavy atom. The number of aliphatic hydroxyl groups is 1. The third kappa shape index (κ3) is 3.53. The Bertz CT molecular complexity index is 868. The summed E-state index contributed by atoms with van der Waals surface area (Å²) in [5.41, 5.74) is 1.39. The van der Waals surface area contributed by atoms with E-state index in [0.717, 1.165) is 49.4 Å². The van der Waals surface area contributed by atoms with Crippen LogP contribution < -0.4 is 10.2 Å². The van der Waals surface area contributed by atoms with Gasteiger partial charge in [-0.25, -0.2) is 0 Å². The zero-order valence-corrected chi connectivity index (χ0v) is 16.2. The van der Waals surface area contributed by atoms with Crippen molar-refractivity contribution < 1.29 is 24.3 Å². The summed E-state index contributed by atoms with van der Waals surface area (Å²) >= 11 is 0. The molecule has 2 unspecified atom stereocenters. The van der Waals surface area contributed by atoms with E-state index in [4.69, 9.17) is 5.11 Å². The van der Waals surface area contributed by atoms with Gasteiger partial charge in [0.2, 0.25) is 11.8 Å². The maximum atomic E-state index is 13.2. The fraction of sp³-hybridized carbons (Fsp3) is 0.524. The van der Waals surface area contributed by atoms with Crippen LogP contribution in [0.1, 0.15) is 59.2 Å². The average molecular weight is 399 g/mol. The van der Waals surface area contributed by atoms with Gasteiger partial charge in [-0.15, -0.1) is 0 Å². The van der Waals surface area contributed by atoms with E-state index >= 15 is 0 Å². The average Bonchev–Trinajstić information content (AvgIpc) is 2.97. The summed E-state index contributed by atoms with van der Waals surface area (Å²) < 4.78 is 0. The zero-order valence-electron chi connectivity index (χ0n) is 16.2. The van der Waals surface area contributed by atoms with Crippen molar-refractivity contribution in [2.75, 3.05) is 24.6 Å². The second-order valence-electron chi connectivity index (χ2n) is 7.97. The molecule has 0 saturated carbocycles. The maximum Gasteiger partial charge on any atom is 0.264 e. The van der Waals surface area contributed by atoms with Crippen LogP contribution in [0.4, 0.5) is 5.69 Å². The van der Waals surface area contributed by atoms with Gasteiger partial charge in [0, 0.05) is 26.1 Å². The highest BCUT2D eigenvalue weighted by atomic mass is 16.3. The molecule has 3 aliphatic heterocycles. The van der Waals surface area contributed by atoms with Gasteiger partial charge in [-0.3, -0.25) is 29.4 Å². The largest absolute Gasteiger partial charge is 0.396 e. The number of nitrogens with zero attached hydrogens (tertiary/aromatic N) is 2. The second kappa shape index (κ2) is 7.94. The predicted octanol–water partition coefficient (Wildman–Crippen LogP) is 1.08. The van der Waals surface area contributed by atoms with Gasteiger partial charge in [-0.05, 0) is 50.2 Å². The zero-order chi connectivity index (χ0) is 20.5. The molecule has 3 aliphatic rings. The van der Waals surface area contributed by atoms with Gasteiger partial charge in [0.1, 0.15) is 6.04 Å². The molecule has 2 fully saturated rings. The molecule has 2 atom stereocenters. The first kappa shape index (κ1) is 19.6. The minimum Gasteiger partial charge on any atom is -0.396 e. The van der Waals surface area contributed by atoms with Crippen molar-refractivity contribution in [3.05, 3.63) is 29.3 Å². The molecule has 2 N–H and O–H groups in total. The first-order valence-electron chi connectivity index (χ1n) is 10.2. The Morgan fingerprint density at radius 2 is 1.93 bits per heavy atom. The van der Waals surface area contributed by atoms with Crippen molar-refractivity contribution in [2.24, 2.45) is 5.92 Å². The lowest BCUT2D eigenvalue weighted by atomic mass is 9.92. The smallest absolute Gasteiger partial charge is 0.264 e. The third-order valence-electron chi connectivity index (χ3n) is 6.08. The van der Waals surface area contributed by atoms with E-state index in [0.29, 0.717) is 17.0 Å². The van der Waals surface area contributed by atoms with Crippen LogP contribution in [-0.4, -0.2) is 59.4 Å². The summed E-state index contributed by atoms with van der Waals surface area (Å²) in [6, 6.07) is 4.29. The van der Waals surface area contributed by atoms with E-state index in [9.17, 15) is 19.2 Å². The predicted molar refractivity (Wildman–Crippen MR) is 104 cm³/mol. The van der Waals surface area contributed by atoms with Crippen LogP contribution in [0.5, 0.6) is 0 Å². The van der Waals surface area contributed by atoms with E-state index in [1.807, 2.05) is 6.07 Å². The summed E-state index contributed by atoms with van der Waals surface area (Å²) in [4.78, 5) is 53.1. The molecule has 0 bridgehead atoms. The Balaban J connectivity index is 1.61. The minimum absolute atomic E-state index is 0.106. The molecule has 4 rings (SSSR count). The molecule has 1 aromatic rings. The number of fused-ring (bicyclic) bond motifs is 1. The maximum absolute atomic E-state index is 13.2. The number of anilines is 1. The van der Waals surface area contributed by atoms with Crippen LogP contribution >= 0.6 is 0 Å². The normalized spacial score (nSPS) is 24.7. The minimum atomic E-state index is -0.952. The Kier molecular flexibility index (Phi) is 5.36. The van der Waals surface area contributed by atoms with Gasteiger partial charge < -0.3 is 10.0 Å². The number of benzene rings is 1. The van der Waals surface area contributed by atoms with Crippen molar-refractivity contribution in [3.8, 4) is 0 Å². The molecular weight excluding hydrogens is 374 g/mol. The molecule has 3 heterocycles. The quantitative estimate of drug-likeness (QED) is 0.718. The fourth-order valence-corrected chi connectivity index (χ4v) is 4.66. The first-order chi connectivity index (χ1) is 14.0. The number of hydrogen-bond acceptors (Lipinski definition) is 6. The number of amides is 4. The SMILES string of the molecule is O=C1CCC(N2C(=O)c3cccc(N4CCCC(CCCO)C4)c3C2=O)C(=O)N1. The molecule has 1 aromatic carbocycles. The van der Waals surface area contributed by atoms with Crippen molar-refractivity contribution in [2.45, 2.75) is 44.6 Å². The van der Waals surface area contributed by atoms with Crippen LogP contribution in [0.25, 0.3) is 0 Å². The molecule has 154 valence electrons. The van der Waals surface area contributed by atoms with Crippen LogP contribution in [0, 0.1) is 5.92 Å². The van der Waals surface area contributed by atoms with Crippen LogP contribution in [0.3, 0.4) is 0 Å². The molecule has 2 saturated heterocycles. The Labute approximate surface area is 168 Å². The summed E-state index contributed by atoms with van der Waals surface area (Å²) in [7, 11) is 0. The van der Waals surface area contributed by atoms with Gasteiger partial charge >= 0.3 is 0 Å². The number of piperidine rings is 2. The number of imide groups is 2. The highest BCUT2D eigenvalue weighted by Gasteiger charge is 2.46. The van der Waals surface area contributed by atoms with E-state index in [2.05, 4.69) is 10.2 Å². The number of nitrogens with one attached hydrogen (secondary N) is 1. The van der Waals surface area contributed by atoms with Crippen LogP contribution in [0.15, 0.2) is 18.2 Å².